The first-order chi connectivity index (χ1) is 12.0. The number of carbonyl (C=O) groups excluding carboxylic acids is 1. The average molecular weight is 401 g/mol. The molecule has 0 saturated carbocycles. The number of rotatable bonds is 4. The molecular formula is C18H17BrN4O2. The van der Waals surface area contributed by atoms with Crippen LogP contribution < -0.4 is 5.43 Å². The van der Waals surface area contributed by atoms with Crippen molar-refractivity contribution in [1.82, 2.24) is 15.0 Å². The number of fused-ring (bicyclic) bond motifs is 1. The van der Waals surface area contributed by atoms with Crippen molar-refractivity contribution in [2.24, 2.45) is 5.10 Å². The third kappa shape index (κ3) is 3.56. The third-order valence-electron chi connectivity index (χ3n) is 3.88. The first-order valence-corrected chi connectivity index (χ1v) is 8.57. The van der Waals surface area contributed by atoms with Crippen LogP contribution >= 0.6 is 15.9 Å². The van der Waals surface area contributed by atoms with Crippen molar-refractivity contribution in [2.45, 2.75) is 20.4 Å². The second-order valence-corrected chi connectivity index (χ2v) is 6.42. The van der Waals surface area contributed by atoms with E-state index in [1.807, 2.05) is 13.0 Å². The Labute approximate surface area is 153 Å². The van der Waals surface area contributed by atoms with E-state index in [0.717, 1.165) is 27.9 Å². The Kier molecular flexibility index (Phi) is 4.85. The molecule has 1 amide bonds. The van der Waals surface area contributed by atoms with E-state index >= 15 is 0 Å². The molecule has 2 aromatic carbocycles. The fourth-order valence-corrected chi connectivity index (χ4v) is 3.02. The van der Waals surface area contributed by atoms with E-state index in [0.29, 0.717) is 11.1 Å². The van der Waals surface area contributed by atoms with Crippen LogP contribution in [0.2, 0.25) is 0 Å². The van der Waals surface area contributed by atoms with Gasteiger partial charge in [0, 0.05) is 22.1 Å². The zero-order chi connectivity index (χ0) is 18.0. The van der Waals surface area contributed by atoms with Crippen molar-refractivity contribution in [3.8, 4) is 5.75 Å². The molecule has 6 nitrogen and oxygen atoms in total. The topological polar surface area (TPSA) is 79.5 Å². The molecule has 2 N–H and O–H groups in total. The number of nitrogens with zero attached hydrogens (tertiary/aromatic N) is 3. The van der Waals surface area contributed by atoms with Crippen molar-refractivity contribution >= 4 is 39.1 Å². The molecule has 128 valence electrons. The Morgan fingerprint density at radius 2 is 2.16 bits per heavy atom. The predicted molar refractivity (Wildman–Crippen MR) is 101 cm³/mol. The van der Waals surface area contributed by atoms with Crippen molar-refractivity contribution in [2.75, 3.05) is 0 Å². The van der Waals surface area contributed by atoms with E-state index in [4.69, 9.17) is 0 Å². The number of phenols is 1. The van der Waals surface area contributed by atoms with E-state index in [1.54, 1.807) is 30.3 Å². The lowest BCUT2D eigenvalue weighted by atomic mass is 10.2. The quantitative estimate of drug-likeness (QED) is 0.518. The third-order valence-corrected chi connectivity index (χ3v) is 4.37. The van der Waals surface area contributed by atoms with Gasteiger partial charge in [0.2, 0.25) is 0 Å². The molecule has 1 aromatic heterocycles. The maximum Gasteiger partial charge on any atom is 0.271 e. The van der Waals surface area contributed by atoms with Crippen LogP contribution in [0.5, 0.6) is 5.75 Å². The monoisotopic (exact) mass is 400 g/mol. The molecule has 0 atom stereocenters. The molecule has 3 rings (SSSR count). The SMILES string of the molecule is CCn1c(C)nc2cc(C(=O)NN=Cc3cc(Br)ccc3O)ccc21. The summed E-state index contributed by atoms with van der Waals surface area (Å²) in [6.45, 7) is 4.83. The molecule has 0 spiro atoms. The van der Waals surface area contributed by atoms with Gasteiger partial charge in [-0.05, 0) is 50.2 Å². The number of hydrazone groups is 1. The predicted octanol–water partition coefficient (Wildman–Crippen LogP) is 3.60. The van der Waals surface area contributed by atoms with Crippen LogP contribution in [0.1, 0.15) is 28.7 Å². The van der Waals surface area contributed by atoms with Crippen LogP contribution in [0, 0.1) is 6.92 Å². The Morgan fingerprint density at radius 1 is 1.36 bits per heavy atom. The van der Waals surface area contributed by atoms with Crippen LogP contribution in [0.15, 0.2) is 46.0 Å². The highest BCUT2D eigenvalue weighted by Crippen LogP contribution is 2.20. The molecule has 7 heteroatoms. The molecule has 0 fully saturated rings. The lowest BCUT2D eigenvalue weighted by molar-refractivity contribution is 0.0955. The second kappa shape index (κ2) is 7.06. The summed E-state index contributed by atoms with van der Waals surface area (Å²) in [6.07, 6.45) is 1.40. The van der Waals surface area contributed by atoms with Crippen LogP contribution in [0.3, 0.4) is 0 Å². The van der Waals surface area contributed by atoms with Crippen LogP contribution in [-0.2, 0) is 6.54 Å². The molecule has 0 radical (unpaired) electrons. The van der Waals surface area contributed by atoms with Gasteiger partial charge >= 0.3 is 0 Å². The van der Waals surface area contributed by atoms with Crippen LogP contribution in [0.4, 0.5) is 0 Å². The summed E-state index contributed by atoms with van der Waals surface area (Å²) in [6, 6.07) is 10.4. The minimum atomic E-state index is -0.337. The molecular weight excluding hydrogens is 384 g/mol. The number of hydrogen-bond donors (Lipinski definition) is 2. The molecule has 0 bridgehead atoms. The van der Waals surface area contributed by atoms with Crippen LogP contribution in [0.25, 0.3) is 11.0 Å². The number of halogens is 1. The van der Waals surface area contributed by atoms with Gasteiger partial charge in [-0.2, -0.15) is 5.10 Å². The number of nitrogens with one attached hydrogen (secondary N) is 1. The van der Waals surface area contributed by atoms with E-state index in [2.05, 4.69) is 42.9 Å². The zero-order valence-electron chi connectivity index (χ0n) is 13.8. The Balaban J connectivity index is 1.78. The van der Waals surface area contributed by atoms with Gasteiger partial charge in [0.1, 0.15) is 11.6 Å². The molecule has 0 aliphatic rings. The number of hydrogen-bond acceptors (Lipinski definition) is 4. The molecule has 0 unspecified atom stereocenters. The Morgan fingerprint density at radius 3 is 2.92 bits per heavy atom. The standard InChI is InChI=1S/C18H17BrN4O2/c1-3-23-11(2)21-15-9-12(4-6-16(15)23)18(25)22-20-10-13-8-14(19)5-7-17(13)24/h4-10,24H,3H2,1-2H3,(H,22,25). The molecule has 3 aromatic rings. The first kappa shape index (κ1) is 17.2. The molecule has 0 aliphatic heterocycles. The van der Waals surface area contributed by atoms with E-state index in [9.17, 15) is 9.90 Å². The highest BCUT2D eigenvalue weighted by Gasteiger charge is 2.10. The van der Waals surface area contributed by atoms with E-state index in [1.165, 1.54) is 6.21 Å². The van der Waals surface area contributed by atoms with Gasteiger partial charge in [-0.25, -0.2) is 10.4 Å². The molecule has 25 heavy (non-hydrogen) atoms. The fourth-order valence-electron chi connectivity index (χ4n) is 2.64. The number of aromatic nitrogens is 2. The van der Waals surface area contributed by atoms with Gasteiger partial charge in [0.15, 0.2) is 0 Å². The molecule has 0 saturated heterocycles. The normalized spacial score (nSPS) is 11.3. The zero-order valence-corrected chi connectivity index (χ0v) is 15.4. The number of carbonyl (C=O) groups is 1. The van der Waals surface area contributed by atoms with Gasteiger partial charge in [0.05, 0.1) is 17.2 Å². The van der Waals surface area contributed by atoms with Gasteiger partial charge in [0.25, 0.3) is 5.91 Å². The van der Waals surface area contributed by atoms with Gasteiger partial charge in [-0.3, -0.25) is 4.79 Å². The largest absolute Gasteiger partial charge is 0.507 e. The van der Waals surface area contributed by atoms with Gasteiger partial charge in [-0.1, -0.05) is 15.9 Å². The maximum atomic E-state index is 12.3. The summed E-state index contributed by atoms with van der Waals surface area (Å²) < 4.78 is 2.90. The lowest BCUT2D eigenvalue weighted by Crippen LogP contribution is -2.17. The minimum Gasteiger partial charge on any atom is -0.507 e. The Hall–Kier alpha value is -2.67. The van der Waals surface area contributed by atoms with E-state index in [-0.39, 0.29) is 11.7 Å². The average Bonchev–Trinajstić information content (AvgIpc) is 2.91. The number of amides is 1. The minimum absolute atomic E-state index is 0.0863. The first-order valence-electron chi connectivity index (χ1n) is 7.78. The highest BCUT2D eigenvalue weighted by molar-refractivity contribution is 9.10. The van der Waals surface area contributed by atoms with Crippen molar-refractivity contribution < 1.29 is 9.90 Å². The summed E-state index contributed by atoms with van der Waals surface area (Å²) in [5, 5.41) is 13.7. The maximum absolute atomic E-state index is 12.3. The summed E-state index contributed by atoms with van der Waals surface area (Å²) in [5.74, 6) is 0.665. The summed E-state index contributed by atoms with van der Waals surface area (Å²) in [7, 11) is 0. The van der Waals surface area contributed by atoms with Crippen molar-refractivity contribution in [1.29, 1.82) is 0 Å². The van der Waals surface area contributed by atoms with Gasteiger partial charge < -0.3 is 9.67 Å². The number of imidazole rings is 1. The number of aryl methyl sites for hydroxylation is 2. The lowest BCUT2D eigenvalue weighted by Gasteiger charge is -2.03. The van der Waals surface area contributed by atoms with Gasteiger partial charge in [-0.15, -0.1) is 0 Å². The van der Waals surface area contributed by atoms with Crippen molar-refractivity contribution in [3.05, 3.63) is 57.8 Å². The summed E-state index contributed by atoms with van der Waals surface area (Å²) in [4.78, 5) is 16.7. The summed E-state index contributed by atoms with van der Waals surface area (Å²) in [5.41, 5.74) is 5.22. The second-order valence-electron chi connectivity index (χ2n) is 5.51. The Bertz CT molecular complexity index is 979. The number of benzene rings is 2. The highest BCUT2D eigenvalue weighted by atomic mass is 79.9. The fraction of sp³-hybridized carbons (Fsp3) is 0.167. The molecule has 0 aliphatic carbocycles. The van der Waals surface area contributed by atoms with Crippen LogP contribution in [-0.4, -0.2) is 26.8 Å². The van der Waals surface area contributed by atoms with Crippen molar-refractivity contribution in [3.63, 3.8) is 0 Å². The summed E-state index contributed by atoms with van der Waals surface area (Å²) >= 11 is 3.32. The number of aromatic hydroxyl groups is 1. The smallest absolute Gasteiger partial charge is 0.271 e. The van der Waals surface area contributed by atoms with E-state index < -0.39 is 0 Å². The molecule has 1 heterocycles. The number of phenolic OH excluding ortho intramolecular Hbond substituents is 1.